The maximum atomic E-state index is 11.3. The maximum absolute atomic E-state index is 11.3. The third kappa shape index (κ3) is 2.71. The molecule has 0 aliphatic rings. The molecular formula is C8H12N2O2S. The Bertz CT molecular complexity index is 359. The predicted octanol–water partition coefficient (Wildman–Crippen LogP) is 0.905. The number of nitrogens with one attached hydrogen (secondary N) is 1. The Morgan fingerprint density at radius 2 is 1.69 bits per heavy atom. The number of anilines is 1. The molecule has 0 aliphatic heterocycles. The van der Waals surface area contributed by atoms with E-state index in [0.29, 0.717) is 5.69 Å². The molecule has 0 radical (unpaired) electrons. The molecule has 1 rings (SSSR count). The van der Waals surface area contributed by atoms with Crippen molar-refractivity contribution in [3.05, 3.63) is 30.3 Å². The molecule has 0 heterocycles. The van der Waals surface area contributed by atoms with E-state index in [9.17, 15) is 8.42 Å². The Balaban J connectivity index is 2.82. The fraction of sp³-hybridized carbons (Fsp3) is 0.250. The molecule has 0 unspecified atom stereocenters. The van der Waals surface area contributed by atoms with Crippen LogP contribution in [0.15, 0.2) is 30.3 Å². The van der Waals surface area contributed by atoms with Crippen LogP contribution in [0.5, 0.6) is 0 Å². The van der Waals surface area contributed by atoms with E-state index in [1.54, 1.807) is 24.3 Å². The van der Waals surface area contributed by atoms with Gasteiger partial charge in [0.05, 0.1) is 0 Å². The number of hydrogen-bond donors (Lipinski definition) is 1. The van der Waals surface area contributed by atoms with Gasteiger partial charge in [0.15, 0.2) is 0 Å². The SMILES string of the molecule is CN(C)S(=O)(=O)Nc1ccccc1. The van der Waals surface area contributed by atoms with Gasteiger partial charge in [-0.05, 0) is 12.1 Å². The summed E-state index contributed by atoms with van der Waals surface area (Å²) in [5.74, 6) is 0. The monoisotopic (exact) mass is 200 g/mol. The van der Waals surface area contributed by atoms with Crippen molar-refractivity contribution in [3.8, 4) is 0 Å². The lowest BCUT2D eigenvalue weighted by atomic mass is 10.3. The smallest absolute Gasteiger partial charge is 0.271 e. The van der Waals surface area contributed by atoms with Crippen LogP contribution in [0.25, 0.3) is 0 Å². The van der Waals surface area contributed by atoms with Gasteiger partial charge in [-0.2, -0.15) is 12.7 Å². The first kappa shape index (κ1) is 10.0. The van der Waals surface area contributed by atoms with Crippen LogP contribution < -0.4 is 4.72 Å². The summed E-state index contributed by atoms with van der Waals surface area (Å²) in [6.45, 7) is 0. The number of para-hydroxylation sites is 1. The highest BCUT2D eigenvalue weighted by Crippen LogP contribution is 2.08. The number of rotatable bonds is 3. The summed E-state index contributed by atoms with van der Waals surface area (Å²) < 4.78 is 26.2. The molecule has 0 saturated carbocycles. The number of benzene rings is 1. The van der Waals surface area contributed by atoms with Crippen molar-refractivity contribution in [2.45, 2.75) is 0 Å². The topological polar surface area (TPSA) is 49.4 Å². The van der Waals surface area contributed by atoms with Crippen LogP contribution >= 0.6 is 0 Å². The molecule has 5 heteroatoms. The van der Waals surface area contributed by atoms with Crippen molar-refractivity contribution >= 4 is 15.9 Å². The lowest BCUT2D eigenvalue weighted by molar-refractivity contribution is 0.527. The molecule has 0 amide bonds. The fourth-order valence-electron chi connectivity index (χ4n) is 0.746. The third-order valence-corrected chi connectivity index (χ3v) is 2.96. The number of nitrogens with zero attached hydrogens (tertiary/aromatic N) is 1. The zero-order valence-electron chi connectivity index (χ0n) is 7.56. The van der Waals surface area contributed by atoms with Crippen LogP contribution in [0.4, 0.5) is 5.69 Å². The van der Waals surface area contributed by atoms with Crippen molar-refractivity contribution in [1.29, 1.82) is 0 Å². The van der Waals surface area contributed by atoms with E-state index < -0.39 is 10.2 Å². The average Bonchev–Trinajstić information content (AvgIpc) is 2.05. The van der Waals surface area contributed by atoms with E-state index >= 15 is 0 Å². The lowest BCUT2D eigenvalue weighted by Gasteiger charge is -2.12. The van der Waals surface area contributed by atoms with Crippen LogP contribution in [0.1, 0.15) is 0 Å². The molecule has 1 aromatic rings. The lowest BCUT2D eigenvalue weighted by Crippen LogP contribution is -2.28. The van der Waals surface area contributed by atoms with E-state index in [-0.39, 0.29) is 0 Å². The molecule has 0 saturated heterocycles. The molecule has 0 fully saturated rings. The van der Waals surface area contributed by atoms with E-state index in [1.807, 2.05) is 6.07 Å². The van der Waals surface area contributed by atoms with Gasteiger partial charge in [0, 0.05) is 19.8 Å². The summed E-state index contributed by atoms with van der Waals surface area (Å²) in [7, 11) is -0.413. The molecule has 0 bridgehead atoms. The van der Waals surface area contributed by atoms with Crippen LogP contribution in [0.2, 0.25) is 0 Å². The maximum Gasteiger partial charge on any atom is 0.301 e. The predicted molar refractivity (Wildman–Crippen MR) is 52.7 cm³/mol. The second kappa shape index (κ2) is 3.76. The summed E-state index contributed by atoms with van der Waals surface area (Å²) in [4.78, 5) is 0. The minimum Gasteiger partial charge on any atom is -0.271 e. The Kier molecular flexibility index (Phi) is 2.90. The van der Waals surface area contributed by atoms with Gasteiger partial charge in [0.2, 0.25) is 0 Å². The van der Waals surface area contributed by atoms with Crippen LogP contribution in [-0.2, 0) is 10.2 Å². The van der Waals surface area contributed by atoms with Crippen molar-refractivity contribution in [3.63, 3.8) is 0 Å². The van der Waals surface area contributed by atoms with Gasteiger partial charge in [-0.25, -0.2) is 0 Å². The fourth-order valence-corrected chi connectivity index (χ4v) is 1.36. The molecule has 0 atom stereocenters. The summed E-state index contributed by atoms with van der Waals surface area (Å²) in [5, 5.41) is 0. The molecule has 0 aliphatic carbocycles. The number of hydrogen-bond acceptors (Lipinski definition) is 2. The van der Waals surface area contributed by atoms with Gasteiger partial charge in [0.1, 0.15) is 0 Å². The van der Waals surface area contributed by atoms with Gasteiger partial charge in [0.25, 0.3) is 0 Å². The highest BCUT2D eigenvalue weighted by molar-refractivity contribution is 7.90. The molecule has 1 N–H and O–H groups in total. The quantitative estimate of drug-likeness (QED) is 0.788. The molecule has 4 nitrogen and oxygen atoms in total. The summed E-state index contributed by atoms with van der Waals surface area (Å²) in [6.07, 6.45) is 0. The van der Waals surface area contributed by atoms with Gasteiger partial charge in [-0.1, -0.05) is 18.2 Å². The van der Waals surface area contributed by atoms with Crippen LogP contribution in [-0.4, -0.2) is 26.8 Å². The highest BCUT2D eigenvalue weighted by atomic mass is 32.2. The summed E-state index contributed by atoms with van der Waals surface area (Å²) in [5.41, 5.74) is 0.566. The minimum absolute atomic E-state index is 0.566. The van der Waals surface area contributed by atoms with Gasteiger partial charge in [-0.3, -0.25) is 4.72 Å². The standard InChI is InChI=1S/C8H12N2O2S/c1-10(2)13(11,12)9-8-6-4-3-5-7-8/h3-7,9H,1-2H3. The third-order valence-electron chi connectivity index (χ3n) is 1.50. The normalized spacial score (nSPS) is 11.6. The Labute approximate surface area is 78.4 Å². The van der Waals surface area contributed by atoms with Crippen molar-refractivity contribution in [1.82, 2.24) is 4.31 Å². The minimum atomic E-state index is -3.37. The van der Waals surface area contributed by atoms with Gasteiger partial charge < -0.3 is 0 Å². The molecule has 13 heavy (non-hydrogen) atoms. The van der Waals surface area contributed by atoms with Gasteiger partial charge >= 0.3 is 10.2 Å². The average molecular weight is 200 g/mol. The van der Waals surface area contributed by atoms with Crippen molar-refractivity contribution in [2.75, 3.05) is 18.8 Å². The van der Waals surface area contributed by atoms with E-state index in [4.69, 9.17) is 0 Å². The largest absolute Gasteiger partial charge is 0.301 e. The van der Waals surface area contributed by atoms with E-state index in [2.05, 4.69) is 4.72 Å². The first-order chi connectivity index (χ1) is 6.02. The van der Waals surface area contributed by atoms with Crippen molar-refractivity contribution < 1.29 is 8.42 Å². The molecule has 72 valence electrons. The first-order valence-corrected chi connectivity index (χ1v) is 5.22. The van der Waals surface area contributed by atoms with Gasteiger partial charge in [-0.15, -0.1) is 0 Å². The Morgan fingerprint density at radius 3 is 2.15 bits per heavy atom. The van der Waals surface area contributed by atoms with Crippen molar-refractivity contribution in [2.24, 2.45) is 0 Å². The van der Waals surface area contributed by atoms with E-state index in [1.165, 1.54) is 14.1 Å². The first-order valence-electron chi connectivity index (χ1n) is 3.78. The second-order valence-corrected chi connectivity index (χ2v) is 4.64. The molecule has 0 spiro atoms. The molecule has 0 aromatic heterocycles. The summed E-state index contributed by atoms with van der Waals surface area (Å²) in [6, 6.07) is 8.76. The zero-order valence-corrected chi connectivity index (χ0v) is 8.38. The summed E-state index contributed by atoms with van der Waals surface area (Å²) >= 11 is 0. The second-order valence-electron chi connectivity index (χ2n) is 2.76. The highest BCUT2D eigenvalue weighted by Gasteiger charge is 2.11. The van der Waals surface area contributed by atoms with Crippen LogP contribution in [0.3, 0.4) is 0 Å². The Morgan fingerprint density at radius 1 is 1.15 bits per heavy atom. The molecule has 1 aromatic carbocycles. The molecular weight excluding hydrogens is 188 g/mol. The Hall–Kier alpha value is -1.07. The van der Waals surface area contributed by atoms with E-state index in [0.717, 1.165) is 4.31 Å². The zero-order chi connectivity index (χ0) is 9.90. The van der Waals surface area contributed by atoms with Crippen LogP contribution in [0, 0.1) is 0 Å².